The molecule has 0 fully saturated rings. The summed E-state index contributed by atoms with van der Waals surface area (Å²) in [5.74, 6) is 0.456. The minimum atomic E-state index is -1.29. The molecule has 1 atom stereocenters. The zero-order chi connectivity index (χ0) is 15.8. The predicted octanol–water partition coefficient (Wildman–Crippen LogP) is 1.22. The number of hydrogen-bond acceptors (Lipinski definition) is 4. The van der Waals surface area contributed by atoms with Crippen molar-refractivity contribution in [1.82, 2.24) is 4.57 Å². The van der Waals surface area contributed by atoms with Crippen molar-refractivity contribution >= 4 is 10.9 Å². The monoisotopic (exact) mass is 291 g/mol. The van der Waals surface area contributed by atoms with Gasteiger partial charge in [0.2, 0.25) is 0 Å². The summed E-state index contributed by atoms with van der Waals surface area (Å²) in [5.41, 5.74) is -0.384. The molecule has 1 aromatic carbocycles. The van der Waals surface area contributed by atoms with Crippen LogP contribution < -0.4 is 10.3 Å². The average Bonchev–Trinajstić information content (AvgIpc) is 2.43. The number of pyridine rings is 1. The Labute approximate surface area is 123 Å². The van der Waals surface area contributed by atoms with E-state index in [2.05, 4.69) is 0 Å². The molecule has 1 heterocycles. The Morgan fingerprint density at radius 3 is 2.52 bits per heavy atom. The van der Waals surface area contributed by atoms with Gasteiger partial charge in [-0.2, -0.15) is 0 Å². The fourth-order valence-electron chi connectivity index (χ4n) is 2.39. The zero-order valence-corrected chi connectivity index (χ0v) is 12.8. The number of methoxy groups -OCH3 is 1. The molecule has 0 unspecified atom stereocenters. The Morgan fingerprint density at radius 2 is 1.95 bits per heavy atom. The quantitative estimate of drug-likeness (QED) is 0.888. The Bertz CT molecular complexity index is 713. The van der Waals surface area contributed by atoms with E-state index in [-0.39, 0.29) is 12.0 Å². The van der Waals surface area contributed by atoms with Crippen molar-refractivity contribution in [2.75, 3.05) is 7.11 Å². The summed E-state index contributed by atoms with van der Waals surface area (Å²) in [6, 6.07) is 7.43. The van der Waals surface area contributed by atoms with Crippen LogP contribution in [0.15, 0.2) is 29.1 Å². The van der Waals surface area contributed by atoms with Gasteiger partial charge in [0.05, 0.1) is 29.9 Å². The molecule has 2 N–H and O–H groups in total. The van der Waals surface area contributed by atoms with Crippen molar-refractivity contribution in [3.8, 4) is 5.75 Å². The van der Waals surface area contributed by atoms with E-state index in [4.69, 9.17) is 4.74 Å². The third kappa shape index (κ3) is 2.80. The van der Waals surface area contributed by atoms with Crippen LogP contribution >= 0.6 is 0 Å². The van der Waals surface area contributed by atoms with E-state index in [9.17, 15) is 15.0 Å². The molecule has 0 radical (unpaired) electrons. The molecule has 0 saturated heterocycles. The van der Waals surface area contributed by atoms with E-state index in [0.29, 0.717) is 11.3 Å². The first-order valence-corrected chi connectivity index (χ1v) is 6.82. The van der Waals surface area contributed by atoms with Crippen LogP contribution in [0.3, 0.4) is 0 Å². The molecule has 0 aliphatic heterocycles. The van der Waals surface area contributed by atoms with Gasteiger partial charge in [-0.15, -0.1) is 0 Å². The van der Waals surface area contributed by atoms with Gasteiger partial charge in [0.1, 0.15) is 5.75 Å². The Hall–Kier alpha value is -1.85. The Morgan fingerprint density at radius 1 is 1.33 bits per heavy atom. The number of fused-ring (bicyclic) bond motifs is 1. The summed E-state index contributed by atoms with van der Waals surface area (Å²) in [4.78, 5) is 12.5. The molecule has 5 heteroatoms. The van der Waals surface area contributed by atoms with E-state index < -0.39 is 11.7 Å². The van der Waals surface area contributed by atoms with Gasteiger partial charge in [-0.1, -0.05) is 12.1 Å². The molecule has 0 aliphatic carbocycles. The summed E-state index contributed by atoms with van der Waals surface area (Å²) >= 11 is 0. The van der Waals surface area contributed by atoms with E-state index in [1.807, 2.05) is 24.3 Å². The summed E-state index contributed by atoms with van der Waals surface area (Å²) in [5, 5.41) is 20.8. The number of hydrogen-bond donors (Lipinski definition) is 2. The van der Waals surface area contributed by atoms with E-state index in [1.165, 1.54) is 25.5 Å². The second-order valence-corrected chi connectivity index (χ2v) is 5.77. The third-order valence-electron chi connectivity index (χ3n) is 3.76. The first-order valence-electron chi connectivity index (χ1n) is 6.82. The van der Waals surface area contributed by atoms with E-state index in [0.717, 1.165) is 10.9 Å². The maximum absolute atomic E-state index is 12.5. The predicted molar refractivity (Wildman–Crippen MR) is 81.7 cm³/mol. The molecule has 21 heavy (non-hydrogen) atoms. The number of aromatic nitrogens is 1. The highest BCUT2D eigenvalue weighted by Gasteiger charge is 2.28. The molecule has 114 valence electrons. The molecular formula is C16H21NO4. The fourth-order valence-corrected chi connectivity index (χ4v) is 2.39. The van der Waals surface area contributed by atoms with Crippen LogP contribution in [0, 0.1) is 0 Å². The summed E-state index contributed by atoms with van der Waals surface area (Å²) in [6.07, 6.45) is -1.02. The minimum Gasteiger partial charge on any atom is -0.496 e. The molecule has 5 nitrogen and oxygen atoms in total. The standard InChI is InChI=1S/C16H21NO4/c1-16(2,20)13(18)9-11-14(21-4)10-7-5-6-8-12(10)17(3)15(11)19/h5-8,13,18,20H,9H2,1-4H3/t13-/m0/s1. The molecule has 0 bridgehead atoms. The normalized spacial score (nSPS) is 13.4. The molecule has 2 aromatic rings. The molecule has 0 amide bonds. The largest absolute Gasteiger partial charge is 0.496 e. The molecule has 0 saturated carbocycles. The number of aliphatic hydroxyl groups is 2. The second-order valence-electron chi connectivity index (χ2n) is 5.77. The van der Waals surface area contributed by atoms with Gasteiger partial charge < -0.3 is 19.5 Å². The lowest BCUT2D eigenvalue weighted by molar-refractivity contribution is -0.0472. The fraction of sp³-hybridized carbons (Fsp3) is 0.438. The van der Waals surface area contributed by atoms with Gasteiger partial charge in [-0.05, 0) is 26.0 Å². The van der Waals surface area contributed by atoms with Gasteiger partial charge in [0.25, 0.3) is 5.56 Å². The molecule has 2 rings (SSSR count). The summed E-state index contributed by atoms with van der Waals surface area (Å²) < 4.78 is 6.93. The lowest BCUT2D eigenvalue weighted by Gasteiger charge is -2.25. The van der Waals surface area contributed by atoms with Crippen molar-refractivity contribution in [2.24, 2.45) is 7.05 Å². The SMILES string of the molecule is COc1c(C[C@H](O)C(C)(C)O)c(=O)n(C)c2ccccc12. The Balaban J connectivity index is 2.68. The van der Waals surface area contributed by atoms with Crippen LogP contribution in [0.2, 0.25) is 0 Å². The van der Waals surface area contributed by atoms with Crippen molar-refractivity contribution in [3.05, 3.63) is 40.2 Å². The van der Waals surface area contributed by atoms with Gasteiger partial charge in [0, 0.05) is 18.9 Å². The van der Waals surface area contributed by atoms with Crippen LogP contribution in [-0.4, -0.2) is 33.6 Å². The van der Waals surface area contributed by atoms with Crippen molar-refractivity contribution in [2.45, 2.75) is 32.0 Å². The third-order valence-corrected chi connectivity index (χ3v) is 3.76. The summed E-state index contributed by atoms with van der Waals surface area (Å²) in [6.45, 7) is 3.02. The van der Waals surface area contributed by atoms with Crippen LogP contribution in [0.25, 0.3) is 10.9 Å². The van der Waals surface area contributed by atoms with Crippen LogP contribution in [0.1, 0.15) is 19.4 Å². The first-order chi connectivity index (χ1) is 9.77. The first kappa shape index (κ1) is 15.5. The maximum Gasteiger partial charge on any atom is 0.257 e. The van der Waals surface area contributed by atoms with Gasteiger partial charge in [0.15, 0.2) is 0 Å². The minimum absolute atomic E-state index is 0.0319. The van der Waals surface area contributed by atoms with Crippen molar-refractivity contribution in [1.29, 1.82) is 0 Å². The topological polar surface area (TPSA) is 71.7 Å². The molecule has 0 spiro atoms. The highest BCUT2D eigenvalue weighted by atomic mass is 16.5. The molecular weight excluding hydrogens is 270 g/mol. The number of benzene rings is 1. The van der Waals surface area contributed by atoms with Gasteiger partial charge in [-0.3, -0.25) is 4.79 Å². The average molecular weight is 291 g/mol. The number of aliphatic hydroxyl groups excluding tert-OH is 1. The summed E-state index contributed by atoms with van der Waals surface area (Å²) in [7, 11) is 3.19. The highest BCUT2D eigenvalue weighted by Crippen LogP contribution is 2.28. The highest BCUT2D eigenvalue weighted by molar-refractivity contribution is 5.86. The van der Waals surface area contributed by atoms with Crippen LogP contribution in [0.5, 0.6) is 5.75 Å². The number of aryl methyl sites for hydroxylation is 1. The molecule has 1 aromatic heterocycles. The number of ether oxygens (including phenoxy) is 1. The van der Waals surface area contributed by atoms with Gasteiger partial charge in [-0.25, -0.2) is 0 Å². The Kier molecular flexibility index (Phi) is 4.07. The lowest BCUT2D eigenvalue weighted by atomic mass is 9.94. The zero-order valence-electron chi connectivity index (χ0n) is 12.8. The van der Waals surface area contributed by atoms with Gasteiger partial charge >= 0.3 is 0 Å². The van der Waals surface area contributed by atoms with Crippen molar-refractivity contribution in [3.63, 3.8) is 0 Å². The lowest BCUT2D eigenvalue weighted by Crippen LogP contribution is -2.39. The smallest absolute Gasteiger partial charge is 0.257 e. The number of rotatable bonds is 4. The number of nitrogens with zero attached hydrogens (tertiary/aromatic N) is 1. The van der Waals surface area contributed by atoms with E-state index in [1.54, 1.807) is 7.05 Å². The number of para-hydroxylation sites is 1. The second kappa shape index (κ2) is 5.50. The molecule has 0 aliphatic rings. The van der Waals surface area contributed by atoms with Crippen LogP contribution in [-0.2, 0) is 13.5 Å². The van der Waals surface area contributed by atoms with Crippen LogP contribution in [0.4, 0.5) is 0 Å². The van der Waals surface area contributed by atoms with E-state index >= 15 is 0 Å². The maximum atomic E-state index is 12.5. The van der Waals surface area contributed by atoms with Crippen molar-refractivity contribution < 1.29 is 14.9 Å².